The third-order valence-electron chi connectivity index (χ3n) is 3.35. The van der Waals surface area contributed by atoms with Crippen molar-refractivity contribution in [2.45, 2.75) is 13.3 Å². The monoisotopic (exact) mass is 284 g/mol. The van der Waals surface area contributed by atoms with Crippen LogP contribution in [0.5, 0.6) is 5.75 Å². The van der Waals surface area contributed by atoms with Gasteiger partial charge < -0.3 is 4.74 Å². The molecule has 1 atom stereocenters. The van der Waals surface area contributed by atoms with Crippen molar-refractivity contribution >= 4 is 15.9 Å². The molecule has 6 heteroatoms. The van der Waals surface area contributed by atoms with E-state index in [4.69, 9.17) is 4.74 Å². The van der Waals surface area contributed by atoms with E-state index in [1.807, 2.05) is 12.1 Å². The molecule has 0 spiro atoms. The lowest BCUT2D eigenvalue weighted by atomic mass is 9.95. The summed E-state index contributed by atoms with van der Waals surface area (Å²) in [6.45, 7) is 2.56. The molecule has 106 valence electrons. The Morgan fingerprint density at radius 1 is 1.37 bits per heavy atom. The molecule has 0 N–H and O–H groups in total. The van der Waals surface area contributed by atoms with Crippen molar-refractivity contribution in [3.63, 3.8) is 0 Å². The number of hydrogen-bond acceptors (Lipinski definition) is 3. The standard InChI is InChI=1S/C13H20N2O3S/c1-10-7-11-5-6-12(18-4)8-13(11)15(9-10)19(16,17)14(2)3/h5-6,8,10H,7,9H2,1-4H3. The lowest BCUT2D eigenvalue weighted by Gasteiger charge is -2.35. The van der Waals surface area contributed by atoms with Gasteiger partial charge in [0.05, 0.1) is 12.8 Å². The molecule has 0 radical (unpaired) electrons. The Hall–Kier alpha value is -1.27. The second-order valence-electron chi connectivity index (χ2n) is 5.13. The lowest BCUT2D eigenvalue weighted by molar-refractivity contribution is 0.414. The topological polar surface area (TPSA) is 49.9 Å². The number of fused-ring (bicyclic) bond motifs is 1. The van der Waals surface area contributed by atoms with E-state index in [0.29, 0.717) is 18.2 Å². The Kier molecular flexibility index (Phi) is 3.73. The Morgan fingerprint density at radius 3 is 2.63 bits per heavy atom. The molecule has 1 unspecified atom stereocenters. The fraction of sp³-hybridized carbons (Fsp3) is 0.538. The largest absolute Gasteiger partial charge is 0.497 e. The van der Waals surface area contributed by atoms with E-state index in [2.05, 4.69) is 6.92 Å². The zero-order valence-corrected chi connectivity index (χ0v) is 12.6. The molecule has 0 amide bonds. The molecule has 0 fully saturated rings. The van der Waals surface area contributed by atoms with Crippen LogP contribution < -0.4 is 9.04 Å². The quantitative estimate of drug-likeness (QED) is 0.845. The molecular weight excluding hydrogens is 264 g/mol. The highest BCUT2D eigenvalue weighted by atomic mass is 32.2. The molecule has 0 bridgehead atoms. The maximum absolute atomic E-state index is 12.4. The highest BCUT2D eigenvalue weighted by molar-refractivity contribution is 7.90. The van der Waals surface area contributed by atoms with Gasteiger partial charge in [0.25, 0.3) is 0 Å². The minimum atomic E-state index is -3.46. The molecule has 1 heterocycles. The summed E-state index contributed by atoms with van der Waals surface area (Å²) in [6, 6.07) is 5.61. The number of methoxy groups -OCH3 is 1. The molecule has 5 nitrogen and oxygen atoms in total. The minimum Gasteiger partial charge on any atom is -0.497 e. The number of benzene rings is 1. The molecule has 1 aliphatic rings. The van der Waals surface area contributed by atoms with E-state index < -0.39 is 10.2 Å². The highest BCUT2D eigenvalue weighted by Crippen LogP contribution is 2.34. The summed E-state index contributed by atoms with van der Waals surface area (Å²) in [5.74, 6) is 0.975. The number of ether oxygens (including phenoxy) is 1. The average Bonchev–Trinajstić information content (AvgIpc) is 2.36. The summed E-state index contributed by atoms with van der Waals surface area (Å²) >= 11 is 0. The Balaban J connectivity index is 2.54. The van der Waals surface area contributed by atoms with Crippen molar-refractivity contribution in [3.8, 4) is 5.75 Å². The van der Waals surface area contributed by atoms with Crippen LogP contribution in [0.1, 0.15) is 12.5 Å². The zero-order chi connectivity index (χ0) is 14.2. The first-order chi connectivity index (χ1) is 8.86. The molecule has 0 aliphatic carbocycles. The van der Waals surface area contributed by atoms with Crippen LogP contribution in [0.2, 0.25) is 0 Å². The SMILES string of the molecule is COc1ccc2c(c1)N(S(=O)(=O)N(C)C)CC(C)C2. The van der Waals surface area contributed by atoms with Gasteiger partial charge in [-0.2, -0.15) is 12.7 Å². The third kappa shape index (κ3) is 2.55. The van der Waals surface area contributed by atoms with Gasteiger partial charge in [0.2, 0.25) is 0 Å². The summed E-state index contributed by atoms with van der Waals surface area (Å²) in [5.41, 5.74) is 1.77. The normalized spacial score (nSPS) is 19.4. The van der Waals surface area contributed by atoms with Crippen LogP contribution in [0.25, 0.3) is 0 Å². The van der Waals surface area contributed by atoms with Gasteiger partial charge in [0.15, 0.2) is 0 Å². The number of nitrogens with zero attached hydrogens (tertiary/aromatic N) is 2. The molecular formula is C13H20N2O3S. The van der Waals surface area contributed by atoms with Crippen molar-refractivity contribution in [1.82, 2.24) is 4.31 Å². The van der Waals surface area contributed by atoms with E-state index >= 15 is 0 Å². The first-order valence-electron chi connectivity index (χ1n) is 6.23. The van der Waals surface area contributed by atoms with Gasteiger partial charge >= 0.3 is 10.2 Å². The van der Waals surface area contributed by atoms with Gasteiger partial charge in [0, 0.05) is 26.7 Å². The van der Waals surface area contributed by atoms with E-state index in [1.165, 1.54) is 8.61 Å². The Morgan fingerprint density at radius 2 is 2.05 bits per heavy atom. The summed E-state index contributed by atoms with van der Waals surface area (Å²) < 4.78 is 32.7. The van der Waals surface area contributed by atoms with E-state index in [9.17, 15) is 8.42 Å². The van der Waals surface area contributed by atoms with Crippen molar-refractivity contribution < 1.29 is 13.2 Å². The predicted molar refractivity (Wildman–Crippen MR) is 75.8 cm³/mol. The second kappa shape index (κ2) is 5.02. The fourth-order valence-corrected chi connectivity index (χ4v) is 3.57. The van der Waals surface area contributed by atoms with Crippen LogP contribution in [0.3, 0.4) is 0 Å². The van der Waals surface area contributed by atoms with Crippen LogP contribution in [0.4, 0.5) is 5.69 Å². The van der Waals surface area contributed by atoms with Crippen LogP contribution in [-0.2, 0) is 16.6 Å². The fourth-order valence-electron chi connectivity index (χ4n) is 2.31. The van der Waals surface area contributed by atoms with Crippen molar-refractivity contribution in [3.05, 3.63) is 23.8 Å². The summed E-state index contributed by atoms with van der Waals surface area (Å²) in [5, 5.41) is 0. The number of hydrogen-bond donors (Lipinski definition) is 0. The molecule has 19 heavy (non-hydrogen) atoms. The maximum atomic E-state index is 12.4. The van der Waals surface area contributed by atoms with Crippen LogP contribution >= 0.6 is 0 Å². The molecule has 0 saturated carbocycles. The predicted octanol–water partition coefficient (Wildman–Crippen LogP) is 1.50. The second-order valence-corrected chi connectivity index (χ2v) is 7.19. The van der Waals surface area contributed by atoms with E-state index in [-0.39, 0.29) is 0 Å². The zero-order valence-electron chi connectivity index (χ0n) is 11.8. The summed E-state index contributed by atoms with van der Waals surface area (Å²) in [7, 11) is 1.22. The molecule has 1 aromatic rings. The molecule has 1 aromatic carbocycles. The van der Waals surface area contributed by atoms with Crippen LogP contribution in [-0.4, -0.2) is 40.5 Å². The van der Waals surface area contributed by atoms with Crippen molar-refractivity contribution in [1.29, 1.82) is 0 Å². The molecule has 2 rings (SSSR count). The van der Waals surface area contributed by atoms with Crippen molar-refractivity contribution in [2.24, 2.45) is 5.92 Å². The Labute approximate surface area is 115 Å². The Bertz CT molecular complexity index is 569. The first kappa shape index (κ1) is 14.1. The van der Waals surface area contributed by atoms with E-state index in [1.54, 1.807) is 27.3 Å². The third-order valence-corrected chi connectivity index (χ3v) is 5.17. The van der Waals surface area contributed by atoms with E-state index in [0.717, 1.165) is 17.7 Å². The van der Waals surface area contributed by atoms with Gasteiger partial charge in [-0.1, -0.05) is 13.0 Å². The van der Waals surface area contributed by atoms with Gasteiger partial charge in [-0.05, 0) is 24.0 Å². The molecule has 0 aromatic heterocycles. The first-order valence-corrected chi connectivity index (χ1v) is 7.63. The van der Waals surface area contributed by atoms with Gasteiger partial charge in [-0.25, -0.2) is 0 Å². The number of rotatable bonds is 3. The minimum absolute atomic E-state index is 0.301. The van der Waals surface area contributed by atoms with Gasteiger partial charge in [0.1, 0.15) is 5.75 Å². The smallest absolute Gasteiger partial charge is 0.303 e. The maximum Gasteiger partial charge on any atom is 0.303 e. The summed E-state index contributed by atoms with van der Waals surface area (Å²) in [6.07, 6.45) is 0.888. The van der Waals surface area contributed by atoms with Crippen LogP contribution in [0, 0.1) is 5.92 Å². The summed E-state index contributed by atoms with van der Waals surface area (Å²) in [4.78, 5) is 0. The van der Waals surface area contributed by atoms with Gasteiger partial charge in [-0.15, -0.1) is 0 Å². The highest BCUT2D eigenvalue weighted by Gasteiger charge is 2.32. The average molecular weight is 284 g/mol. The number of anilines is 1. The molecule has 0 saturated heterocycles. The van der Waals surface area contributed by atoms with Gasteiger partial charge in [-0.3, -0.25) is 4.31 Å². The van der Waals surface area contributed by atoms with Crippen molar-refractivity contribution in [2.75, 3.05) is 32.1 Å². The lowest BCUT2D eigenvalue weighted by Crippen LogP contribution is -2.45. The molecule has 1 aliphatic heterocycles. The van der Waals surface area contributed by atoms with Crippen LogP contribution in [0.15, 0.2) is 18.2 Å².